The predicted molar refractivity (Wildman–Crippen MR) is 168 cm³/mol. The van der Waals surface area contributed by atoms with E-state index < -0.39 is 11.7 Å². The first-order chi connectivity index (χ1) is 18.2. The molecule has 3 aromatic carbocycles. The molecule has 11 heteroatoms. The summed E-state index contributed by atoms with van der Waals surface area (Å²) >= 11 is 7.66. The van der Waals surface area contributed by atoms with Crippen LogP contribution in [0.25, 0.3) is 10.9 Å². The number of nitrogens with zero attached hydrogens (tertiary/aromatic N) is 3. The Morgan fingerprint density at radius 1 is 1.21 bits per heavy atom. The SMILES string of the molecule is CC[C@@H](C)c1nc2ccc(Br)cc2c(=O)n1N=Cc1cc(I)c(OCC(=O)Nc2ccccc2F)c(I)c1. The molecular formula is C27H22BrFI2N4O3. The molecule has 1 N–H and O–H groups in total. The quantitative estimate of drug-likeness (QED) is 0.155. The second-order valence-corrected chi connectivity index (χ2v) is 11.7. The Bertz CT molecular complexity index is 1590. The summed E-state index contributed by atoms with van der Waals surface area (Å²) in [7, 11) is 0. The fraction of sp³-hybridized carbons (Fsp3) is 0.185. The Labute approximate surface area is 254 Å². The molecule has 1 amide bonds. The fourth-order valence-electron chi connectivity index (χ4n) is 3.58. The van der Waals surface area contributed by atoms with Gasteiger partial charge < -0.3 is 10.1 Å². The highest BCUT2D eigenvalue weighted by Gasteiger charge is 2.16. The number of nitrogens with one attached hydrogen (secondary N) is 1. The summed E-state index contributed by atoms with van der Waals surface area (Å²) in [6.45, 7) is 3.77. The van der Waals surface area contributed by atoms with Crippen LogP contribution in [0.3, 0.4) is 0 Å². The number of anilines is 1. The van der Waals surface area contributed by atoms with Crippen LogP contribution < -0.4 is 15.6 Å². The first-order valence-corrected chi connectivity index (χ1v) is 14.6. The molecule has 4 rings (SSSR count). The van der Waals surface area contributed by atoms with Crippen LogP contribution in [0.1, 0.15) is 37.6 Å². The summed E-state index contributed by atoms with van der Waals surface area (Å²) in [5.41, 5.74) is 1.23. The number of hydrogen-bond donors (Lipinski definition) is 1. The number of carbonyl (C=O) groups is 1. The summed E-state index contributed by atoms with van der Waals surface area (Å²) in [5, 5.41) is 7.50. The Morgan fingerprint density at radius 2 is 1.92 bits per heavy atom. The van der Waals surface area contributed by atoms with E-state index in [1.807, 2.05) is 38.1 Å². The average molecular weight is 803 g/mol. The highest BCUT2D eigenvalue weighted by atomic mass is 127. The largest absolute Gasteiger partial charge is 0.482 e. The zero-order valence-corrected chi connectivity index (χ0v) is 26.2. The Kier molecular flexibility index (Phi) is 9.52. The van der Waals surface area contributed by atoms with E-state index in [4.69, 9.17) is 9.72 Å². The Morgan fingerprint density at radius 3 is 2.61 bits per heavy atom. The van der Waals surface area contributed by atoms with Gasteiger partial charge >= 0.3 is 0 Å². The molecule has 7 nitrogen and oxygen atoms in total. The van der Waals surface area contributed by atoms with Crippen molar-refractivity contribution >= 4 is 89.8 Å². The molecular weight excluding hydrogens is 781 g/mol. The maximum absolute atomic E-state index is 13.8. The van der Waals surface area contributed by atoms with Gasteiger partial charge in [0.25, 0.3) is 11.5 Å². The van der Waals surface area contributed by atoms with E-state index in [-0.39, 0.29) is 23.8 Å². The number of para-hydroxylation sites is 1. The van der Waals surface area contributed by atoms with E-state index in [2.05, 4.69) is 71.5 Å². The lowest BCUT2D eigenvalue weighted by molar-refractivity contribution is -0.118. The van der Waals surface area contributed by atoms with Crippen molar-refractivity contribution in [2.24, 2.45) is 5.10 Å². The third-order valence-corrected chi connectivity index (χ3v) is 7.82. The minimum Gasteiger partial charge on any atom is -0.482 e. The minimum absolute atomic E-state index is 0.0273. The van der Waals surface area contributed by atoms with Gasteiger partial charge in [0.05, 0.1) is 29.9 Å². The number of amides is 1. The number of carbonyl (C=O) groups excluding carboxylic acids is 1. The van der Waals surface area contributed by atoms with E-state index >= 15 is 0 Å². The molecule has 196 valence electrons. The third-order valence-electron chi connectivity index (χ3n) is 5.72. The number of hydrogen-bond acceptors (Lipinski definition) is 5. The fourth-order valence-corrected chi connectivity index (χ4v) is 6.07. The van der Waals surface area contributed by atoms with Crippen LogP contribution in [-0.2, 0) is 4.79 Å². The van der Waals surface area contributed by atoms with Crippen molar-refractivity contribution in [2.45, 2.75) is 26.2 Å². The van der Waals surface area contributed by atoms with Gasteiger partial charge in [0.2, 0.25) is 0 Å². The average Bonchev–Trinajstić information content (AvgIpc) is 2.88. The molecule has 4 aromatic rings. The number of benzene rings is 3. The van der Waals surface area contributed by atoms with E-state index in [9.17, 15) is 14.0 Å². The molecule has 0 saturated heterocycles. The second kappa shape index (κ2) is 12.6. The van der Waals surface area contributed by atoms with Crippen molar-refractivity contribution in [3.8, 4) is 5.75 Å². The standard InChI is InChI=1S/C27H22BrFI2N4O3/c1-3-15(2)26-34-22-9-8-17(28)12-18(22)27(37)35(26)32-13-16-10-20(30)25(21(31)11-16)38-14-24(36)33-23-7-5-4-6-19(23)29/h4-13,15H,3,14H2,1-2H3,(H,33,36)/t15-/m1/s1. The van der Waals surface area contributed by atoms with Crippen molar-refractivity contribution in [1.29, 1.82) is 0 Å². The molecule has 0 bridgehead atoms. The maximum Gasteiger partial charge on any atom is 0.282 e. The van der Waals surface area contributed by atoms with E-state index in [0.29, 0.717) is 22.5 Å². The highest BCUT2D eigenvalue weighted by Crippen LogP contribution is 2.29. The van der Waals surface area contributed by atoms with Gasteiger partial charge in [-0.2, -0.15) is 9.78 Å². The molecule has 0 radical (unpaired) electrons. The molecule has 0 unspecified atom stereocenters. The molecule has 1 atom stereocenters. The smallest absolute Gasteiger partial charge is 0.282 e. The first-order valence-electron chi connectivity index (χ1n) is 11.6. The van der Waals surface area contributed by atoms with Crippen LogP contribution in [-0.4, -0.2) is 28.4 Å². The van der Waals surface area contributed by atoms with Gasteiger partial charge in [0.1, 0.15) is 17.4 Å². The van der Waals surface area contributed by atoms with Crippen molar-refractivity contribution in [3.63, 3.8) is 0 Å². The molecule has 1 aromatic heterocycles. The number of ether oxygens (including phenoxy) is 1. The topological polar surface area (TPSA) is 85.6 Å². The summed E-state index contributed by atoms with van der Waals surface area (Å²) < 4.78 is 23.2. The molecule has 0 spiro atoms. The number of fused-ring (bicyclic) bond motifs is 1. The van der Waals surface area contributed by atoms with E-state index in [0.717, 1.165) is 23.6 Å². The summed E-state index contributed by atoms with van der Waals surface area (Å²) in [6, 6.07) is 15.1. The lowest BCUT2D eigenvalue weighted by atomic mass is 10.1. The van der Waals surface area contributed by atoms with Crippen molar-refractivity contribution in [1.82, 2.24) is 9.66 Å². The van der Waals surface area contributed by atoms with Crippen molar-refractivity contribution in [2.75, 3.05) is 11.9 Å². The number of halogens is 4. The van der Waals surface area contributed by atoms with Crippen LogP contribution in [0.5, 0.6) is 5.75 Å². The van der Waals surface area contributed by atoms with Gasteiger partial charge in [-0.1, -0.05) is 41.9 Å². The van der Waals surface area contributed by atoms with Crippen LogP contribution in [0.15, 0.2) is 69.0 Å². The van der Waals surface area contributed by atoms with E-state index in [1.165, 1.54) is 16.8 Å². The number of rotatable bonds is 8. The van der Waals surface area contributed by atoms with Crippen LogP contribution in [0.2, 0.25) is 0 Å². The number of aromatic nitrogens is 2. The predicted octanol–water partition coefficient (Wildman–Crippen LogP) is 6.92. The second-order valence-electron chi connectivity index (χ2n) is 8.43. The van der Waals surface area contributed by atoms with Gasteiger partial charge in [-0.05, 0) is 99.6 Å². The molecule has 0 saturated carbocycles. The lowest BCUT2D eigenvalue weighted by Gasteiger charge is -2.14. The monoisotopic (exact) mass is 802 g/mol. The normalized spacial score (nSPS) is 12.2. The van der Waals surface area contributed by atoms with Crippen LogP contribution in [0.4, 0.5) is 10.1 Å². The van der Waals surface area contributed by atoms with E-state index in [1.54, 1.807) is 24.4 Å². The van der Waals surface area contributed by atoms with Crippen LogP contribution >= 0.6 is 61.1 Å². The zero-order valence-electron chi connectivity index (χ0n) is 20.3. The summed E-state index contributed by atoms with van der Waals surface area (Å²) in [5.74, 6) is 0.160. The van der Waals surface area contributed by atoms with Gasteiger partial charge in [-0.15, -0.1) is 0 Å². The molecule has 0 aliphatic heterocycles. The lowest BCUT2D eigenvalue weighted by Crippen LogP contribution is -2.23. The van der Waals surface area contributed by atoms with Crippen LogP contribution in [0, 0.1) is 13.0 Å². The van der Waals surface area contributed by atoms with Gasteiger partial charge in [-0.25, -0.2) is 9.37 Å². The molecule has 0 aliphatic rings. The van der Waals surface area contributed by atoms with Crippen molar-refractivity contribution < 1.29 is 13.9 Å². The molecule has 0 aliphatic carbocycles. The van der Waals surface area contributed by atoms with Gasteiger partial charge in [0.15, 0.2) is 6.61 Å². The summed E-state index contributed by atoms with van der Waals surface area (Å²) in [6.07, 6.45) is 2.41. The first kappa shape index (κ1) is 28.6. The molecule has 1 heterocycles. The highest BCUT2D eigenvalue weighted by molar-refractivity contribution is 14.1. The van der Waals surface area contributed by atoms with Gasteiger partial charge in [-0.3, -0.25) is 9.59 Å². The Hall–Kier alpha value is -2.39. The molecule has 0 fully saturated rings. The minimum atomic E-state index is -0.515. The van der Waals surface area contributed by atoms with Crippen molar-refractivity contribution in [3.05, 3.63) is 93.8 Å². The third kappa shape index (κ3) is 6.60. The zero-order chi connectivity index (χ0) is 27.4. The van der Waals surface area contributed by atoms with Gasteiger partial charge in [0, 0.05) is 10.4 Å². The summed E-state index contributed by atoms with van der Waals surface area (Å²) in [4.78, 5) is 30.3. The maximum atomic E-state index is 13.8. The molecule has 38 heavy (non-hydrogen) atoms. The Balaban J connectivity index is 1.58.